The van der Waals surface area contributed by atoms with Gasteiger partial charge in [-0.05, 0) is 23.8 Å². The predicted molar refractivity (Wildman–Crippen MR) is 85.6 cm³/mol. The second-order valence-electron chi connectivity index (χ2n) is 5.71. The van der Waals surface area contributed by atoms with Crippen LogP contribution < -0.4 is 0 Å². The molecule has 4 nitrogen and oxygen atoms in total. The van der Waals surface area contributed by atoms with Gasteiger partial charge in [-0.1, -0.05) is 35.5 Å². The third-order valence-electron chi connectivity index (χ3n) is 3.93. The van der Waals surface area contributed by atoms with E-state index < -0.39 is 11.7 Å². The lowest BCUT2D eigenvalue weighted by atomic mass is 10.1. The highest BCUT2D eigenvalue weighted by Gasteiger charge is 2.33. The fraction of sp³-hybridized carbons (Fsp3) is 0.222. The maximum Gasteiger partial charge on any atom is 0.416 e. The molecule has 0 bridgehead atoms. The zero-order chi connectivity index (χ0) is 18.0. The number of nitrogens with zero attached hydrogens (tertiary/aromatic N) is 2. The number of hydrogen-bond donors (Lipinski definition) is 0. The third-order valence-corrected chi connectivity index (χ3v) is 3.93. The maximum absolute atomic E-state index is 13.1. The van der Waals surface area contributed by atoms with E-state index >= 15 is 0 Å². The Morgan fingerprint density at radius 3 is 2.56 bits per heavy atom. The van der Waals surface area contributed by atoms with Crippen molar-refractivity contribution in [2.45, 2.75) is 19.1 Å². The lowest BCUT2D eigenvalue weighted by molar-refractivity contribution is -0.139. The van der Waals surface area contributed by atoms with Crippen LogP contribution in [-0.2, 0) is 23.9 Å². The normalized spacial score (nSPS) is 11.7. The van der Waals surface area contributed by atoms with Crippen molar-refractivity contribution in [2.24, 2.45) is 0 Å². The zero-order valence-electron chi connectivity index (χ0n) is 13.4. The van der Waals surface area contributed by atoms with Gasteiger partial charge in [0, 0.05) is 19.0 Å². The van der Waals surface area contributed by atoms with E-state index in [9.17, 15) is 18.0 Å². The first kappa shape index (κ1) is 17.0. The highest BCUT2D eigenvalue weighted by molar-refractivity contribution is 5.86. The van der Waals surface area contributed by atoms with Crippen molar-refractivity contribution in [3.8, 4) is 0 Å². The van der Waals surface area contributed by atoms with Crippen LogP contribution in [0, 0.1) is 0 Å². The topological polar surface area (TPSA) is 46.3 Å². The number of fused-ring (bicyclic) bond motifs is 1. The molecule has 0 atom stereocenters. The Balaban J connectivity index is 1.76. The van der Waals surface area contributed by atoms with Crippen LogP contribution in [0.4, 0.5) is 13.2 Å². The maximum atomic E-state index is 13.1. The van der Waals surface area contributed by atoms with Crippen molar-refractivity contribution in [3.05, 3.63) is 65.4 Å². The van der Waals surface area contributed by atoms with Gasteiger partial charge >= 0.3 is 6.18 Å². The number of alkyl halides is 3. The van der Waals surface area contributed by atoms with E-state index in [1.54, 1.807) is 24.3 Å². The van der Waals surface area contributed by atoms with Gasteiger partial charge in [-0.25, -0.2) is 0 Å². The van der Waals surface area contributed by atoms with E-state index in [0.717, 1.165) is 11.5 Å². The number of rotatable bonds is 4. The molecule has 0 radical (unpaired) electrons. The van der Waals surface area contributed by atoms with Gasteiger partial charge in [0.1, 0.15) is 5.69 Å². The van der Waals surface area contributed by atoms with Crippen molar-refractivity contribution in [1.82, 2.24) is 10.1 Å². The SMILES string of the molecule is CN(Cc1ccccc1C(F)(F)F)C(=O)Cc1noc2ccccc12. The van der Waals surface area contributed by atoms with Crippen LogP contribution in [0.3, 0.4) is 0 Å². The second kappa shape index (κ2) is 6.58. The van der Waals surface area contributed by atoms with Gasteiger partial charge in [0.15, 0.2) is 5.58 Å². The minimum absolute atomic E-state index is 0.0400. The van der Waals surface area contributed by atoms with Gasteiger partial charge in [0.25, 0.3) is 0 Å². The van der Waals surface area contributed by atoms with E-state index in [1.807, 2.05) is 0 Å². The number of aromatic nitrogens is 1. The highest BCUT2D eigenvalue weighted by Crippen LogP contribution is 2.32. The van der Waals surface area contributed by atoms with Gasteiger partial charge in [0.05, 0.1) is 12.0 Å². The Bertz CT molecular complexity index is 902. The van der Waals surface area contributed by atoms with E-state index in [2.05, 4.69) is 5.16 Å². The monoisotopic (exact) mass is 348 g/mol. The predicted octanol–water partition coefficient (Wildman–Crippen LogP) is 4.05. The van der Waals surface area contributed by atoms with Crippen molar-refractivity contribution in [1.29, 1.82) is 0 Å². The Kier molecular flexibility index (Phi) is 4.48. The molecule has 0 spiro atoms. The molecule has 0 saturated carbocycles. The van der Waals surface area contributed by atoms with Gasteiger partial charge in [-0.2, -0.15) is 13.2 Å². The molecule has 25 heavy (non-hydrogen) atoms. The van der Waals surface area contributed by atoms with Crippen LogP contribution in [0.25, 0.3) is 11.0 Å². The van der Waals surface area contributed by atoms with Crippen molar-refractivity contribution in [2.75, 3.05) is 7.05 Å². The summed E-state index contributed by atoms with van der Waals surface area (Å²) in [5, 5.41) is 4.60. The molecule has 0 aliphatic rings. The Morgan fingerprint density at radius 2 is 1.80 bits per heavy atom. The Labute approximate surface area is 141 Å². The summed E-state index contributed by atoms with van der Waals surface area (Å²) in [5.74, 6) is -0.337. The summed E-state index contributed by atoms with van der Waals surface area (Å²) in [4.78, 5) is 13.6. The minimum Gasteiger partial charge on any atom is -0.356 e. The van der Waals surface area contributed by atoms with Gasteiger partial charge < -0.3 is 9.42 Å². The fourth-order valence-corrected chi connectivity index (χ4v) is 2.62. The van der Waals surface area contributed by atoms with Crippen molar-refractivity contribution in [3.63, 3.8) is 0 Å². The molecule has 3 rings (SSSR count). The Hall–Kier alpha value is -2.83. The quantitative estimate of drug-likeness (QED) is 0.715. The second-order valence-corrected chi connectivity index (χ2v) is 5.71. The molecule has 0 aliphatic carbocycles. The average molecular weight is 348 g/mol. The third kappa shape index (κ3) is 3.65. The number of hydrogen-bond acceptors (Lipinski definition) is 3. The molecule has 0 N–H and O–H groups in total. The highest BCUT2D eigenvalue weighted by atomic mass is 19.4. The summed E-state index contributed by atoms with van der Waals surface area (Å²) in [6, 6.07) is 12.4. The fourth-order valence-electron chi connectivity index (χ4n) is 2.62. The first-order valence-electron chi connectivity index (χ1n) is 7.58. The molecule has 2 aromatic carbocycles. The molecule has 1 amide bonds. The molecule has 0 unspecified atom stereocenters. The van der Waals surface area contributed by atoms with Crippen LogP contribution in [0.5, 0.6) is 0 Å². The number of carbonyl (C=O) groups is 1. The summed E-state index contributed by atoms with van der Waals surface area (Å²) in [5.41, 5.74) is 0.351. The lowest BCUT2D eigenvalue weighted by Crippen LogP contribution is -2.29. The summed E-state index contributed by atoms with van der Waals surface area (Å²) in [6.45, 7) is -0.135. The molecule has 3 aromatic rings. The van der Waals surface area contributed by atoms with E-state index in [1.165, 1.54) is 30.1 Å². The van der Waals surface area contributed by atoms with Crippen LogP contribution in [0.15, 0.2) is 53.1 Å². The van der Waals surface area contributed by atoms with Crippen LogP contribution in [0.1, 0.15) is 16.8 Å². The van der Waals surface area contributed by atoms with E-state index in [4.69, 9.17) is 4.52 Å². The molecule has 7 heteroatoms. The first-order valence-corrected chi connectivity index (χ1v) is 7.58. The molecule has 0 saturated heterocycles. The smallest absolute Gasteiger partial charge is 0.356 e. The van der Waals surface area contributed by atoms with Gasteiger partial charge in [-0.3, -0.25) is 4.79 Å². The summed E-state index contributed by atoms with van der Waals surface area (Å²) < 4.78 is 44.3. The van der Waals surface area contributed by atoms with Gasteiger partial charge in [-0.15, -0.1) is 0 Å². The van der Waals surface area contributed by atoms with Crippen LogP contribution in [0.2, 0.25) is 0 Å². The number of benzene rings is 2. The molecule has 1 aromatic heterocycles. The van der Waals surface area contributed by atoms with Crippen molar-refractivity contribution < 1.29 is 22.5 Å². The minimum atomic E-state index is -4.46. The zero-order valence-corrected chi connectivity index (χ0v) is 13.4. The molecule has 0 fully saturated rings. The first-order chi connectivity index (χ1) is 11.9. The molecule has 130 valence electrons. The molecule has 1 heterocycles. The molecular formula is C18H15F3N2O2. The van der Waals surface area contributed by atoms with Crippen LogP contribution >= 0.6 is 0 Å². The summed E-state index contributed by atoms with van der Waals surface area (Å²) >= 11 is 0. The van der Waals surface area contributed by atoms with Gasteiger partial charge in [0.2, 0.25) is 5.91 Å². The van der Waals surface area contributed by atoms with Crippen LogP contribution in [-0.4, -0.2) is 23.0 Å². The van der Waals surface area contributed by atoms with Crippen molar-refractivity contribution >= 4 is 16.9 Å². The number of likely N-dealkylation sites (N-methyl/N-ethyl adjacent to an activating group) is 1. The summed E-state index contributed by atoms with van der Waals surface area (Å²) in [6.07, 6.45) is -4.50. The largest absolute Gasteiger partial charge is 0.416 e. The summed E-state index contributed by atoms with van der Waals surface area (Å²) in [7, 11) is 1.47. The molecular weight excluding hydrogens is 333 g/mol. The number of amides is 1. The standard InChI is InChI=1S/C18H15F3N2O2/c1-23(11-12-6-2-4-8-14(12)18(19,20)21)17(24)10-15-13-7-3-5-9-16(13)25-22-15/h2-9H,10-11H2,1H3. The number of para-hydroxylation sites is 1. The van der Waals surface area contributed by atoms with E-state index in [0.29, 0.717) is 11.3 Å². The molecule has 0 aliphatic heterocycles. The Morgan fingerprint density at radius 1 is 1.12 bits per heavy atom. The lowest BCUT2D eigenvalue weighted by Gasteiger charge is -2.20. The van der Waals surface area contributed by atoms with E-state index in [-0.39, 0.29) is 24.4 Å². The number of halogens is 3. The average Bonchev–Trinajstić information content (AvgIpc) is 2.97. The number of carbonyl (C=O) groups excluding carboxylic acids is 1.